The maximum Gasteiger partial charge on any atom is 0.103 e. The van der Waals surface area contributed by atoms with Crippen LogP contribution in [0.1, 0.15) is 58.1 Å². The molecule has 1 N–H and O–H groups in total. The third kappa shape index (κ3) is 5.93. The Morgan fingerprint density at radius 1 is 0.929 bits per heavy atom. The van der Waals surface area contributed by atoms with Crippen molar-refractivity contribution in [2.24, 2.45) is 5.41 Å². The van der Waals surface area contributed by atoms with Crippen molar-refractivity contribution in [1.29, 1.82) is 0 Å². The molecule has 0 saturated carbocycles. The molecule has 0 aromatic heterocycles. The normalized spacial score (nSPS) is 22.9. The van der Waals surface area contributed by atoms with Crippen molar-refractivity contribution in [3.05, 3.63) is 71.8 Å². The molecule has 2 aromatic rings. The zero-order valence-electron chi connectivity index (χ0n) is 18.2. The van der Waals surface area contributed by atoms with E-state index >= 15 is 0 Å². The molecule has 0 aliphatic carbocycles. The zero-order valence-corrected chi connectivity index (χ0v) is 18.2. The SMILES string of the molecule is CC(C)[NH+](CCC1(Cc2ccccc2)CCOC(C)(C)C1)Cc1ccccc1. The summed E-state index contributed by atoms with van der Waals surface area (Å²) in [6.45, 7) is 12.5. The highest BCUT2D eigenvalue weighted by atomic mass is 16.5. The molecule has 0 radical (unpaired) electrons. The van der Waals surface area contributed by atoms with Gasteiger partial charge in [0.2, 0.25) is 0 Å². The van der Waals surface area contributed by atoms with Crippen LogP contribution < -0.4 is 4.90 Å². The molecule has 0 amide bonds. The number of hydrogen-bond acceptors (Lipinski definition) is 1. The predicted octanol–water partition coefficient (Wildman–Crippen LogP) is 4.69. The minimum absolute atomic E-state index is 0.0234. The van der Waals surface area contributed by atoms with Gasteiger partial charge in [0.15, 0.2) is 0 Å². The van der Waals surface area contributed by atoms with E-state index in [2.05, 4.69) is 88.4 Å². The second kappa shape index (κ2) is 9.24. The molecule has 2 aromatic carbocycles. The molecule has 28 heavy (non-hydrogen) atoms. The number of quaternary nitrogens is 1. The Morgan fingerprint density at radius 3 is 2.11 bits per heavy atom. The summed E-state index contributed by atoms with van der Waals surface area (Å²) in [5, 5.41) is 0. The van der Waals surface area contributed by atoms with E-state index in [4.69, 9.17) is 4.74 Å². The van der Waals surface area contributed by atoms with Crippen LogP contribution in [0.4, 0.5) is 0 Å². The Morgan fingerprint density at radius 2 is 1.54 bits per heavy atom. The number of nitrogens with one attached hydrogen (secondary N) is 1. The van der Waals surface area contributed by atoms with Crippen LogP contribution in [0, 0.1) is 5.41 Å². The molecule has 0 spiro atoms. The Balaban J connectivity index is 1.74. The molecule has 1 aliphatic heterocycles. The lowest BCUT2D eigenvalue weighted by atomic mass is 9.68. The fourth-order valence-corrected chi connectivity index (χ4v) is 4.93. The molecule has 152 valence electrons. The van der Waals surface area contributed by atoms with Crippen molar-refractivity contribution >= 4 is 0 Å². The van der Waals surface area contributed by atoms with Crippen molar-refractivity contribution in [3.63, 3.8) is 0 Å². The lowest BCUT2D eigenvalue weighted by molar-refractivity contribution is -0.935. The topological polar surface area (TPSA) is 13.7 Å². The van der Waals surface area contributed by atoms with Gasteiger partial charge in [-0.05, 0) is 57.9 Å². The van der Waals surface area contributed by atoms with E-state index in [0.29, 0.717) is 11.5 Å². The predicted molar refractivity (Wildman–Crippen MR) is 118 cm³/mol. The second-order valence-corrected chi connectivity index (χ2v) is 9.67. The van der Waals surface area contributed by atoms with Gasteiger partial charge in [0.05, 0.1) is 18.2 Å². The van der Waals surface area contributed by atoms with Gasteiger partial charge >= 0.3 is 0 Å². The van der Waals surface area contributed by atoms with Gasteiger partial charge in [0.1, 0.15) is 6.54 Å². The molecule has 1 aliphatic rings. The fourth-order valence-electron chi connectivity index (χ4n) is 4.93. The van der Waals surface area contributed by atoms with E-state index in [9.17, 15) is 0 Å². The van der Waals surface area contributed by atoms with Crippen LogP contribution in [0.3, 0.4) is 0 Å². The Kier molecular flexibility index (Phi) is 6.95. The smallest absolute Gasteiger partial charge is 0.103 e. The number of benzene rings is 2. The maximum absolute atomic E-state index is 6.10. The molecule has 1 heterocycles. The maximum atomic E-state index is 6.10. The molecule has 3 rings (SSSR count). The molecular weight excluding hydrogens is 342 g/mol. The second-order valence-electron chi connectivity index (χ2n) is 9.67. The summed E-state index contributed by atoms with van der Waals surface area (Å²) in [4.78, 5) is 1.68. The van der Waals surface area contributed by atoms with Crippen LogP contribution in [-0.2, 0) is 17.7 Å². The van der Waals surface area contributed by atoms with Gasteiger partial charge in [-0.3, -0.25) is 0 Å². The van der Waals surface area contributed by atoms with Crippen LogP contribution in [0.25, 0.3) is 0 Å². The Bertz CT molecular complexity index is 710. The average molecular weight is 381 g/mol. The minimum Gasteiger partial charge on any atom is -0.376 e. The summed E-state index contributed by atoms with van der Waals surface area (Å²) in [5.74, 6) is 0. The van der Waals surface area contributed by atoms with Gasteiger partial charge < -0.3 is 9.64 Å². The quantitative estimate of drug-likeness (QED) is 0.701. The lowest BCUT2D eigenvalue weighted by Gasteiger charge is -2.45. The minimum atomic E-state index is -0.0234. The van der Waals surface area contributed by atoms with Crippen LogP contribution >= 0.6 is 0 Å². The number of ether oxygens (including phenoxy) is 1. The van der Waals surface area contributed by atoms with Crippen molar-refractivity contribution in [2.45, 2.75) is 71.6 Å². The summed E-state index contributed by atoms with van der Waals surface area (Å²) in [6.07, 6.45) is 4.74. The van der Waals surface area contributed by atoms with Crippen LogP contribution in [0.5, 0.6) is 0 Å². The Labute approximate surface area is 171 Å². The molecular formula is C26H38NO+. The van der Waals surface area contributed by atoms with Crippen molar-refractivity contribution in [1.82, 2.24) is 0 Å². The van der Waals surface area contributed by atoms with E-state index in [1.165, 1.54) is 30.5 Å². The average Bonchev–Trinajstić information content (AvgIpc) is 2.66. The van der Waals surface area contributed by atoms with Gasteiger partial charge in [0, 0.05) is 18.6 Å². The van der Waals surface area contributed by atoms with Crippen molar-refractivity contribution < 1.29 is 9.64 Å². The highest BCUT2D eigenvalue weighted by Gasteiger charge is 2.41. The van der Waals surface area contributed by atoms with Gasteiger partial charge in [-0.15, -0.1) is 0 Å². The van der Waals surface area contributed by atoms with Crippen LogP contribution in [-0.4, -0.2) is 24.8 Å². The molecule has 1 fully saturated rings. The van der Waals surface area contributed by atoms with Gasteiger partial charge in [-0.1, -0.05) is 60.7 Å². The monoisotopic (exact) mass is 380 g/mol. The third-order valence-corrected chi connectivity index (χ3v) is 6.41. The largest absolute Gasteiger partial charge is 0.376 e. The standard InChI is InChI=1S/C26H37NO/c1-22(2)27(20-24-13-9-6-10-14-24)17-15-26(16-18-28-25(3,4)21-26)19-23-11-7-5-8-12-23/h5-14,22H,15-21H2,1-4H3/p+1. The first kappa shape index (κ1) is 21.1. The fraction of sp³-hybridized carbons (Fsp3) is 0.538. The first-order chi connectivity index (χ1) is 13.4. The zero-order chi connectivity index (χ0) is 20.0. The number of rotatable bonds is 8. The molecule has 2 atom stereocenters. The van der Waals surface area contributed by atoms with Gasteiger partial charge in [-0.2, -0.15) is 0 Å². The van der Waals surface area contributed by atoms with Crippen molar-refractivity contribution in [2.75, 3.05) is 13.2 Å². The van der Waals surface area contributed by atoms with E-state index in [0.717, 1.165) is 26.0 Å². The molecule has 1 saturated heterocycles. The first-order valence-corrected chi connectivity index (χ1v) is 10.9. The summed E-state index contributed by atoms with van der Waals surface area (Å²) in [5.41, 5.74) is 3.22. The lowest BCUT2D eigenvalue weighted by Crippen LogP contribution is -3.13. The van der Waals surface area contributed by atoms with E-state index < -0.39 is 0 Å². The highest BCUT2D eigenvalue weighted by molar-refractivity contribution is 5.17. The van der Waals surface area contributed by atoms with E-state index in [1.807, 2.05) is 0 Å². The Hall–Kier alpha value is -1.64. The summed E-state index contributed by atoms with van der Waals surface area (Å²) in [7, 11) is 0. The molecule has 2 heteroatoms. The molecule has 0 bridgehead atoms. The molecule has 2 nitrogen and oxygen atoms in total. The highest BCUT2D eigenvalue weighted by Crippen LogP contribution is 2.43. The van der Waals surface area contributed by atoms with Crippen molar-refractivity contribution in [3.8, 4) is 0 Å². The third-order valence-electron chi connectivity index (χ3n) is 6.41. The van der Waals surface area contributed by atoms with E-state index in [-0.39, 0.29) is 5.60 Å². The van der Waals surface area contributed by atoms with Crippen LogP contribution in [0.15, 0.2) is 60.7 Å². The summed E-state index contributed by atoms with van der Waals surface area (Å²) < 4.78 is 6.10. The van der Waals surface area contributed by atoms with E-state index in [1.54, 1.807) is 4.90 Å². The summed E-state index contributed by atoms with van der Waals surface area (Å²) in [6, 6.07) is 22.6. The first-order valence-electron chi connectivity index (χ1n) is 10.9. The molecule has 2 unspecified atom stereocenters. The number of hydrogen-bond donors (Lipinski definition) is 1. The summed E-state index contributed by atoms with van der Waals surface area (Å²) >= 11 is 0. The van der Waals surface area contributed by atoms with Crippen LogP contribution in [0.2, 0.25) is 0 Å². The van der Waals surface area contributed by atoms with Gasteiger partial charge in [0.25, 0.3) is 0 Å². The van der Waals surface area contributed by atoms with Gasteiger partial charge in [-0.25, -0.2) is 0 Å².